The monoisotopic (exact) mass is 265 g/mol. The van der Waals surface area contributed by atoms with Gasteiger partial charge >= 0.3 is 5.97 Å². The molecule has 2 rings (SSSR count). The van der Waals surface area contributed by atoms with Gasteiger partial charge in [-0.25, -0.2) is 4.79 Å². The van der Waals surface area contributed by atoms with E-state index in [1.165, 1.54) is 13.2 Å². The summed E-state index contributed by atoms with van der Waals surface area (Å²) in [6.07, 6.45) is 0.425. The summed E-state index contributed by atoms with van der Waals surface area (Å²) in [6.45, 7) is 1.59. The van der Waals surface area contributed by atoms with E-state index in [1.54, 1.807) is 19.1 Å². The Balaban J connectivity index is 2.33. The number of carboxylic acids is 1. The number of hydrogen-bond acceptors (Lipinski definition) is 5. The molecular formula is C13H15NO5. The SMILES string of the molecule is COc1ccc(C2=NOC(C)(CO)C2)cc1C(=O)O. The molecule has 0 aromatic heterocycles. The van der Waals surface area contributed by atoms with Crippen LogP contribution in [-0.2, 0) is 4.84 Å². The number of benzene rings is 1. The van der Waals surface area contributed by atoms with Crippen LogP contribution in [0.25, 0.3) is 0 Å². The van der Waals surface area contributed by atoms with Gasteiger partial charge in [0.2, 0.25) is 0 Å². The topological polar surface area (TPSA) is 88.4 Å². The van der Waals surface area contributed by atoms with Crippen molar-refractivity contribution in [2.75, 3.05) is 13.7 Å². The van der Waals surface area contributed by atoms with E-state index in [9.17, 15) is 9.90 Å². The van der Waals surface area contributed by atoms with Crippen LogP contribution >= 0.6 is 0 Å². The van der Waals surface area contributed by atoms with Crippen LogP contribution < -0.4 is 4.74 Å². The molecule has 1 aliphatic rings. The highest BCUT2D eigenvalue weighted by molar-refractivity contribution is 6.04. The molecule has 0 aliphatic carbocycles. The first kappa shape index (κ1) is 13.4. The van der Waals surface area contributed by atoms with Crippen molar-refractivity contribution in [3.05, 3.63) is 29.3 Å². The largest absolute Gasteiger partial charge is 0.496 e. The predicted octanol–water partition coefficient (Wildman–Crippen LogP) is 1.27. The maximum absolute atomic E-state index is 11.1. The van der Waals surface area contributed by atoms with Gasteiger partial charge in [0.05, 0.1) is 19.4 Å². The number of methoxy groups -OCH3 is 1. The standard InChI is InChI=1S/C13H15NO5/c1-13(7-15)6-10(14-19-13)8-3-4-11(18-2)9(5-8)12(16)17/h3-5,15H,6-7H2,1-2H3,(H,16,17). The third-order valence-electron chi connectivity index (χ3n) is 3.02. The molecule has 0 amide bonds. The maximum atomic E-state index is 11.1. The van der Waals surface area contributed by atoms with E-state index in [0.29, 0.717) is 23.4 Å². The minimum absolute atomic E-state index is 0.0697. The van der Waals surface area contributed by atoms with Gasteiger partial charge in [-0.05, 0) is 25.1 Å². The summed E-state index contributed by atoms with van der Waals surface area (Å²) in [5.74, 6) is -0.774. The van der Waals surface area contributed by atoms with E-state index in [0.717, 1.165) is 0 Å². The minimum atomic E-state index is -1.07. The highest BCUT2D eigenvalue weighted by Gasteiger charge is 2.34. The molecule has 6 heteroatoms. The van der Waals surface area contributed by atoms with Gasteiger partial charge in [-0.3, -0.25) is 0 Å². The molecule has 1 aromatic rings. The van der Waals surface area contributed by atoms with Crippen LogP contribution in [0.2, 0.25) is 0 Å². The van der Waals surface area contributed by atoms with Crippen molar-refractivity contribution >= 4 is 11.7 Å². The van der Waals surface area contributed by atoms with Crippen LogP contribution in [0.4, 0.5) is 0 Å². The number of ether oxygens (including phenoxy) is 1. The second-order valence-electron chi connectivity index (χ2n) is 4.63. The number of rotatable bonds is 4. The summed E-state index contributed by atoms with van der Waals surface area (Å²) in [5, 5.41) is 22.2. The van der Waals surface area contributed by atoms with E-state index in [-0.39, 0.29) is 12.2 Å². The molecule has 2 N–H and O–H groups in total. The van der Waals surface area contributed by atoms with Gasteiger partial charge in [-0.2, -0.15) is 0 Å². The number of oxime groups is 1. The molecule has 1 heterocycles. The fraction of sp³-hybridized carbons (Fsp3) is 0.385. The fourth-order valence-corrected chi connectivity index (χ4v) is 1.88. The van der Waals surface area contributed by atoms with Gasteiger partial charge < -0.3 is 19.8 Å². The average molecular weight is 265 g/mol. The highest BCUT2D eigenvalue weighted by Crippen LogP contribution is 2.28. The van der Waals surface area contributed by atoms with Crippen molar-refractivity contribution < 1.29 is 24.6 Å². The van der Waals surface area contributed by atoms with Crippen LogP contribution in [-0.4, -0.2) is 41.2 Å². The summed E-state index contributed by atoms with van der Waals surface area (Å²) in [7, 11) is 1.42. The van der Waals surface area contributed by atoms with Crippen molar-refractivity contribution in [2.24, 2.45) is 5.16 Å². The Bertz CT molecular complexity index is 540. The predicted molar refractivity (Wildman–Crippen MR) is 67.7 cm³/mol. The molecule has 19 heavy (non-hydrogen) atoms. The Labute approximate surface area is 110 Å². The summed E-state index contributed by atoms with van der Waals surface area (Å²) in [5.41, 5.74) is 0.593. The number of carbonyl (C=O) groups is 1. The quantitative estimate of drug-likeness (QED) is 0.855. The molecule has 102 valence electrons. The van der Waals surface area contributed by atoms with Crippen LogP contribution in [0, 0.1) is 0 Å². The van der Waals surface area contributed by atoms with Gasteiger partial charge in [0.15, 0.2) is 5.60 Å². The number of aromatic carboxylic acids is 1. The van der Waals surface area contributed by atoms with E-state index in [1.807, 2.05) is 0 Å². The van der Waals surface area contributed by atoms with Crippen molar-refractivity contribution in [1.82, 2.24) is 0 Å². The zero-order valence-electron chi connectivity index (χ0n) is 10.7. The number of hydrogen-bond donors (Lipinski definition) is 2. The zero-order valence-corrected chi connectivity index (χ0v) is 10.7. The second kappa shape index (κ2) is 4.89. The third-order valence-corrected chi connectivity index (χ3v) is 3.02. The maximum Gasteiger partial charge on any atom is 0.339 e. The Morgan fingerprint density at radius 1 is 1.58 bits per heavy atom. The van der Waals surface area contributed by atoms with E-state index >= 15 is 0 Å². The zero-order chi connectivity index (χ0) is 14.0. The van der Waals surface area contributed by atoms with Crippen molar-refractivity contribution in [2.45, 2.75) is 18.9 Å². The molecule has 0 saturated carbocycles. The Kier molecular flexibility index (Phi) is 3.44. The number of aliphatic hydroxyl groups is 1. The summed E-state index contributed by atoms with van der Waals surface area (Å²) in [4.78, 5) is 16.3. The minimum Gasteiger partial charge on any atom is -0.496 e. The first-order valence-electron chi connectivity index (χ1n) is 5.77. The first-order chi connectivity index (χ1) is 8.99. The van der Waals surface area contributed by atoms with Gasteiger partial charge in [0.1, 0.15) is 11.3 Å². The van der Waals surface area contributed by atoms with Crippen LogP contribution in [0.15, 0.2) is 23.4 Å². The second-order valence-corrected chi connectivity index (χ2v) is 4.63. The highest BCUT2D eigenvalue weighted by atomic mass is 16.7. The molecule has 0 fully saturated rings. The molecule has 1 unspecified atom stereocenters. The van der Waals surface area contributed by atoms with Gasteiger partial charge in [-0.15, -0.1) is 0 Å². The van der Waals surface area contributed by atoms with Gasteiger partial charge in [0, 0.05) is 12.0 Å². The van der Waals surface area contributed by atoms with Crippen molar-refractivity contribution in [3.63, 3.8) is 0 Å². The lowest BCUT2D eigenvalue weighted by molar-refractivity contribution is -0.0428. The van der Waals surface area contributed by atoms with E-state index in [2.05, 4.69) is 5.16 Å². The Morgan fingerprint density at radius 2 is 2.32 bits per heavy atom. The lowest BCUT2D eigenvalue weighted by atomic mass is 9.95. The molecule has 6 nitrogen and oxygen atoms in total. The van der Waals surface area contributed by atoms with E-state index in [4.69, 9.17) is 14.7 Å². The molecule has 0 saturated heterocycles. The first-order valence-corrected chi connectivity index (χ1v) is 5.77. The normalized spacial score (nSPS) is 21.7. The number of nitrogens with zero attached hydrogens (tertiary/aromatic N) is 1. The van der Waals surface area contributed by atoms with Crippen molar-refractivity contribution in [1.29, 1.82) is 0 Å². The van der Waals surface area contributed by atoms with Gasteiger partial charge in [0.25, 0.3) is 0 Å². The molecule has 0 bridgehead atoms. The molecule has 1 aromatic carbocycles. The lowest BCUT2D eigenvalue weighted by Gasteiger charge is -2.17. The van der Waals surface area contributed by atoms with Crippen molar-refractivity contribution in [3.8, 4) is 5.75 Å². The van der Waals surface area contributed by atoms with Crippen LogP contribution in [0.3, 0.4) is 0 Å². The summed E-state index contributed by atoms with van der Waals surface area (Å²) < 4.78 is 4.99. The summed E-state index contributed by atoms with van der Waals surface area (Å²) >= 11 is 0. The lowest BCUT2D eigenvalue weighted by Crippen LogP contribution is -2.29. The molecule has 1 atom stereocenters. The van der Waals surface area contributed by atoms with Gasteiger partial charge in [-0.1, -0.05) is 5.16 Å². The number of aliphatic hydroxyl groups excluding tert-OH is 1. The average Bonchev–Trinajstić information content (AvgIpc) is 2.81. The molecule has 0 spiro atoms. The molecule has 1 aliphatic heterocycles. The third kappa shape index (κ3) is 2.53. The number of carboxylic acid groups (broad SMARTS) is 1. The molecular weight excluding hydrogens is 250 g/mol. The Morgan fingerprint density at radius 3 is 2.84 bits per heavy atom. The van der Waals surface area contributed by atoms with E-state index < -0.39 is 11.6 Å². The fourth-order valence-electron chi connectivity index (χ4n) is 1.88. The van der Waals surface area contributed by atoms with Crippen LogP contribution in [0.5, 0.6) is 5.75 Å². The van der Waals surface area contributed by atoms with Crippen LogP contribution in [0.1, 0.15) is 29.3 Å². The summed E-state index contributed by atoms with van der Waals surface area (Å²) in [6, 6.07) is 4.79. The smallest absolute Gasteiger partial charge is 0.339 e. The molecule has 0 radical (unpaired) electrons. The Hall–Kier alpha value is -2.08.